The van der Waals surface area contributed by atoms with Crippen molar-refractivity contribution >= 4 is 36.0 Å². The summed E-state index contributed by atoms with van der Waals surface area (Å²) in [7, 11) is 1.77. The molecule has 1 fully saturated rings. The summed E-state index contributed by atoms with van der Waals surface area (Å²) >= 11 is 0. The lowest BCUT2D eigenvalue weighted by atomic mass is 10.2. The van der Waals surface area contributed by atoms with Gasteiger partial charge in [-0.05, 0) is 40.0 Å². The Bertz CT molecular complexity index is 699. The van der Waals surface area contributed by atoms with Crippen LogP contribution in [0.1, 0.15) is 51.7 Å². The zero-order valence-electron chi connectivity index (χ0n) is 17.2. The number of carbonyl (C=O) groups is 1. The first-order valence-corrected chi connectivity index (χ1v) is 9.72. The van der Waals surface area contributed by atoms with Crippen molar-refractivity contribution in [3.05, 3.63) is 11.6 Å². The molecular formula is C18H32IN7O2. The van der Waals surface area contributed by atoms with Crippen molar-refractivity contribution in [1.29, 1.82) is 0 Å². The quantitative estimate of drug-likeness (QED) is 0.370. The number of halogens is 1. The molecule has 1 unspecified atom stereocenters. The van der Waals surface area contributed by atoms with Gasteiger partial charge >= 0.3 is 6.09 Å². The lowest BCUT2D eigenvalue weighted by molar-refractivity contribution is 0.0507. The van der Waals surface area contributed by atoms with Gasteiger partial charge in [0.2, 0.25) is 0 Å². The van der Waals surface area contributed by atoms with E-state index in [-0.39, 0.29) is 36.1 Å². The van der Waals surface area contributed by atoms with Crippen molar-refractivity contribution in [2.24, 2.45) is 4.99 Å². The molecule has 0 bridgehead atoms. The molecule has 1 aromatic heterocycles. The molecule has 10 heteroatoms. The number of alkyl carbamates (subject to hydrolysis) is 1. The van der Waals surface area contributed by atoms with E-state index in [1.807, 2.05) is 20.8 Å². The highest BCUT2D eigenvalue weighted by Gasteiger charge is 2.28. The standard InChI is InChI=1S/C18H31N7O2.HI/c1-18(2,3)27-17(26)21-13-8-10-24(12-13)16(19-4)20-11-15-23-22-14-7-5-6-9-25(14)15;/h13H,5-12H2,1-4H3,(H,19,20)(H,21,26);1H. The highest BCUT2D eigenvalue weighted by molar-refractivity contribution is 14.0. The zero-order chi connectivity index (χ0) is 19.4. The molecule has 2 aliphatic rings. The van der Waals surface area contributed by atoms with Crippen LogP contribution in [0.2, 0.25) is 0 Å². The molecule has 2 aliphatic heterocycles. The highest BCUT2D eigenvalue weighted by Crippen LogP contribution is 2.15. The number of guanidine groups is 1. The summed E-state index contributed by atoms with van der Waals surface area (Å²) in [5.41, 5.74) is -0.489. The van der Waals surface area contributed by atoms with Gasteiger partial charge in [0.1, 0.15) is 11.4 Å². The molecule has 1 aromatic rings. The number of fused-ring (bicyclic) bond motifs is 1. The highest BCUT2D eigenvalue weighted by atomic mass is 127. The fourth-order valence-electron chi connectivity index (χ4n) is 3.53. The summed E-state index contributed by atoms with van der Waals surface area (Å²) in [5.74, 6) is 2.85. The number of aliphatic imine (C=N–C) groups is 1. The second-order valence-electron chi connectivity index (χ2n) is 8.12. The summed E-state index contributed by atoms with van der Waals surface area (Å²) in [6.45, 7) is 8.71. The average Bonchev–Trinajstić information content (AvgIpc) is 3.21. The number of aromatic nitrogens is 3. The minimum absolute atomic E-state index is 0. The van der Waals surface area contributed by atoms with Gasteiger partial charge in [-0.15, -0.1) is 34.2 Å². The van der Waals surface area contributed by atoms with E-state index < -0.39 is 5.60 Å². The number of hydrogen-bond donors (Lipinski definition) is 2. The van der Waals surface area contributed by atoms with Gasteiger partial charge in [0, 0.05) is 33.1 Å². The summed E-state index contributed by atoms with van der Waals surface area (Å²) in [6.07, 6.45) is 3.86. The third-order valence-corrected chi connectivity index (χ3v) is 4.76. The van der Waals surface area contributed by atoms with Crippen LogP contribution in [-0.4, -0.2) is 63.5 Å². The first-order valence-electron chi connectivity index (χ1n) is 9.72. The zero-order valence-corrected chi connectivity index (χ0v) is 19.5. The predicted octanol–water partition coefficient (Wildman–Crippen LogP) is 1.91. The molecule has 28 heavy (non-hydrogen) atoms. The smallest absolute Gasteiger partial charge is 0.407 e. The summed E-state index contributed by atoms with van der Waals surface area (Å²) in [5, 5.41) is 14.9. The van der Waals surface area contributed by atoms with Crippen LogP contribution < -0.4 is 10.6 Å². The van der Waals surface area contributed by atoms with E-state index in [2.05, 4.69) is 35.3 Å². The Hall–Kier alpha value is -1.59. The van der Waals surface area contributed by atoms with Crippen molar-refractivity contribution in [3.8, 4) is 0 Å². The van der Waals surface area contributed by atoms with Gasteiger partial charge in [0.25, 0.3) is 0 Å². The van der Waals surface area contributed by atoms with Crippen LogP contribution in [-0.2, 0) is 24.2 Å². The molecular weight excluding hydrogens is 473 g/mol. The number of amides is 1. The topological polar surface area (TPSA) is 96.7 Å². The number of hydrogen-bond acceptors (Lipinski definition) is 5. The minimum Gasteiger partial charge on any atom is -0.444 e. The number of aryl methyl sites for hydroxylation is 1. The number of ether oxygens (including phenoxy) is 1. The SMILES string of the molecule is CN=C(NCc1nnc2n1CCCC2)N1CCC(NC(=O)OC(C)(C)C)C1.I. The third kappa shape index (κ3) is 5.95. The van der Waals surface area contributed by atoms with Gasteiger partial charge in [-0.2, -0.15) is 0 Å². The van der Waals surface area contributed by atoms with Crippen molar-refractivity contribution in [1.82, 2.24) is 30.3 Å². The van der Waals surface area contributed by atoms with Gasteiger partial charge < -0.3 is 24.8 Å². The molecule has 0 spiro atoms. The average molecular weight is 505 g/mol. The van der Waals surface area contributed by atoms with Gasteiger partial charge in [-0.1, -0.05) is 0 Å². The van der Waals surface area contributed by atoms with Gasteiger partial charge in [0.05, 0.1) is 12.6 Å². The second-order valence-corrected chi connectivity index (χ2v) is 8.12. The molecule has 9 nitrogen and oxygen atoms in total. The monoisotopic (exact) mass is 505 g/mol. The Balaban J connectivity index is 0.00000280. The molecule has 0 aromatic carbocycles. The van der Waals surface area contributed by atoms with E-state index in [0.717, 1.165) is 43.5 Å². The van der Waals surface area contributed by atoms with E-state index in [9.17, 15) is 4.79 Å². The van der Waals surface area contributed by atoms with E-state index >= 15 is 0 Å². The lowest BCUT2D eigenvalue weighted by Crippen LogP contribution is -2.44. The molecule has 158 valence electrons. The molecule has 3 rings (SSSR count). The Morgan fingerprint density at radius 1 is 1.29 bits per heavy atom. The van der Waals surface area contributed by atoms with Crippen molar-refractivity contribution in [2.45, 2.75) is 71.2 Å². The van der Waals surface area contributed by atoms with Crippen LogP contribution in [0.4, 0.5) is 4.79 Å². The first-order chi connectivity index (χ1) is 12.9. The van der Waals surface area contributed by atoms with Gasteiger partial charge in [-0.3, -0.25) is 4.99 Å². The molecule has 0 saturated carbocycles. The van der Waals surface area contributed by atoms with Crippen molar-refractivity contribution < 1.29 is 9.53 Å². The van der Waals surface area contributed by atoms with Crippen LogP contribution in [0.25, 0.3) is 0 Å². The minimum atomic E-state index is -0.489. The van der Waals surface area contributed by atoms with Crippen LogP contribution in [0, 0.1) is 0 Å². The van der Waals surface area contributed by atoms with Gasteiger partial charge in [-0.25, -0.2) is 4.79 Å². The molecule has 1 amide bonds. The van der Waals surface area contributed by atoms with Crippen molar-refractivity contribution in [3.63, 3.8) is 0 Å². The normalized spacial score (nSPS) is 19.6. The number of carbonyl (C=O) groups excluding carboxylic acids is 1. The fourth-order valence-corrected chi connectivity index (χ4v) is 3.53. The molecule has 3 heterocycles. The molecule has 1 saturated heterocycles. The maximum absolute atomic E-state index is 12.0. The second kappa shape index (κ2) is 9.75. The molecule has 1 atom stereocenters. The predicted molar refractivity (Wildman–Crippen MR) is 118 cm³/mol. The van der Waals surface area contributed by atoms with Gasteiger partial charge in [0.15, 0.2) is 11.8 Å². The lowest BCUT2D eigenvalue weighted by Gasteiger charge is -2.23. The van der Waals surface area contributed by atoms with E-state index in [0.29, 0.717) is 13.1 Å². The van der Waals surface area contributed by atoms with E-state index in [1.54, 1.807) is 7.05 Å². The fraction of sp³-hybridized carbons (Fsp3) is 0.778. The van der Waals surface area contributed by atoms with E-state index in [4.69, 9.17) is 4.74 Å². The molecule has 2 N–H and O–H groups in total. The summed E-state index contributed by atoms with van der Waals surface area (Å²) < 4.78 is 7.55. The number of nitrogens with zero attached hydrogens (tertiary/aromatic N) is 5. The van der Waals surface area contributed by atoms with Crippen LogP contribution in [0.5, 0.6) is 0 Å². The third-order valence-electron chi connectivity index (χ3n) is 4.76. The molecule has 0 aliphatic carbocycles. The Morgan fingerprint density at radius 3 is 2.79 bits per heavy atom. The van der Waals surface area contributed by atoms with E-state index in [1.165, 1.54) is 12.8 Å². The number of nitrogens with one attached hydrogen (secondary N) is 2. The Kier molecular flexibility index (Phi) is 7.90. The maximum Gasteiger partial charge on any atom is 0.407 e. The van der Waals surface area contributed by atoms with Crippen LogP contribution in [0.3, 0.4) is 0 Å². The molecule has 0 radical (unpaired) electrons. The maximum atomic E-state index is 12.0. The number of rotatable bonds is 3. The Labute approximate surface area is 183 Å². The Morgan fingerprint density at radius 2 is 2.07 bits per heavy atom. The number of likely N-dealkylation sites (tertiary alicyclic amines) is 1. The largest absolute Gasteiger partial charge is 0.444 e. The first kappa shape index (κ1) is 22.7. The van der Waals surface area contributed by atoms with Crippen molar-refractivity contribution in [2.75, 3.05) is 20.1 Å². The van der Waals surface area contributed by atoms with Crippen LogP contribution >= 0.6 is 24.0 Å². The summed E-state index contributed by atoms with van der Waals surface area (Å²) in [6, 6.07) is 0.0549. The van der Waals surface area contributed by atoms with Crippen LogP contribution in [0.15, 0.2) is 4.99 Å². The summed E-state index contributed by atoms with van der Waals surface area (Å²) in [4.78, 5) is 18.5.